The molecule has 1 heterocycles. The van der Waals surface area contributed by atoms with Crippen LogP contribution in [0.25, 0.3) is 22.2 Å². The van der Waals surface area contributed by atoms with Crippen molar-refractivity contribution >= 4 is 20.9 Å². The first-order valence-corrected chi connectivity index (χ1v) is 11.2. The molecule has 4 nitrogen and oxygen atoms in total. The average Bonchev–Trinajstić information content (AvgIpc) is 3.13. The SMILES string of the molecule is Cc1ccc(S(=O)(=O)NC[C@H](C)c2c(-c3ccccc3)[nH]c3ccccc23)cc1. The van der Waals surface area contributed by atoms with Crippen LogP contribution in [0.5, 0.6) is 0 Å². The monoisotopic (exact) mass is 404 g/mol. The number of benzene rings is 3. The van der Waals surface area contributed by atoms with Gasteiger partial charge in [-0.05, 0) is 42.2 Å². The highest BCUT2D eigenvalue weighted by Crippen LogP contribution is 2.35. The Kier molecular flexibility index (Phi) is 5.26. The van der Waals surface area contributed by atoms with Crippen LogP contribution in [-0.4, -0.2) is 19.9 Å². The molecule has 0 fully saturated rings. The van der Waals surface area contributed by atoms with Crippen molar-refractivity contribution in [3.63, 3.8) is 0 Å². The minimum absolute atomic E-state index is 0.0124. The van der Waals surface area contributed by atoms with Crippen LogP contribution in [-0.2, 0) is 10.0 Å². The van der Waals surface area contributed by atoms with Crippen LogP contribution < -0.4 is 4.72 Å². The number of nitrogens with one attached hydrogen (secondary N) is 2. The molecule has 0 aliphatic carbocycles. The molecule has 0 saturated heterocycles. The molecule has 1 atom stereocenters. The molecule has 0 amide bonds. The molecular weight excluding hydrogens is 380 g/mol. The number of aryl methyl sites for hydroxylation is 1. The van der Waals surface area contributed by atoms with Crippen LogP contribution in [0.4, 0.5) is 0 Å². The molecular formula is C24H24N2O2S. The predicted octanol–water partition coefficient (Wildman–Crippen LogP) is 5.23. The second-order valence-electron chi connectivity index (χ2n) is 7.39. The van der Waals surface area contributed by atoms with Gasteiger partial charge in [-0.25, -0.2) is 13.1 Å². The van der Waals surface area contributed by atoms with Gasteiger partial charge >= 0.3 is 0 Å². The van der Waals surface area contributed by atoms with Gasteiger partial charge in [-0.1, -0.05) is 73.2 Å². The van der Waals surface area contributed by atoms with E-state index in [1.54, 1.807) is 12.1 Å². The fourth-order valence-electron chi connectivity index (χ4n) is 3.65. The number of fused-ring (bicyclic) bond motifs is 1. The van der Waals surface area contributed by atoms with Crippen molar-refractivity contribution in [1.29, 1.82) is 0 Å². The molecule has 2 N–H and O–H groups in total. The number of rotatable bonds is 6. The van der Waals surface area contributed by atoms with Crippen molar-refractivity contribution < 1.29 is 8.42 Å². The molecule has 1 aromatic heterocycles. The summed E-state index contributed by atoms with van der Waals surface area (Å²) in [5.74, 6) is -0.0124. The van der Waals surface area contributed by atoms with E-state index >= 15 is 0 Å². The topological polar surface area (TPSA) is 62.0 Å². The lowest BCUT2D eigenvalue weighted by molar-refractivity contribution is 0.575. The minimum atomic E-state index is -3.55. The second-order valence-corrected chi connectivity index (χ2v) is 9.16. The highest BCUT2D eigenvalue weighted by Gasteiger charge is 2.21. The Morgan fingerprint density at radius 3 is 2.28 bits per heavy atom. The van der Waals surface area contributed by atoms with E-state index in [9.17, 15) is 8.42 Å². The van der Waals surface area contributed by atoms with Crippen molar-refractivity contribution in [3.8, 4) is 11.3 Å². The summed E-state index contributed by atoms with van der Waals surface area (Å²) in [6.45, 7) is 4.31. The van der Waals surface area contributed by atoms with Crippen molar-refractivity contribution in [2.45, 2.75) is 24.7 Å². The van der Waals surface area contributed by atoms with Gasteiger partial charge in [-0.3, -0.25) is 0 Å². The molecule has 0 spiro atoms. The Hall–Kier alpha value is -2.89. The molecule has 148 valence electrons. The third-order valence-corrected chi connectivity index (χ3v) is 6.65. The van der Waals surface area contributed by atoms with E-state index in [1.165, 1.54) is 0 Å². The number of para-hydroxylation sites is 1. The van der Waals surface area contributed by atoms with Crippen LogP contribution in [0.1, 0.15) is 24.0 Å². The van der Waals surface area contributed by atoms with Gasteiger partial charge in [0.1, 0.15) is 0 Å². The van der Waals surface area contributed by atoms with Gasteiger partial charge < -0.3 is 4.98 Å². The second kappa shape index (κ2) is 7.85. The summed E-state index contributed by atoms with van der Waals surface area (Å²) in [4.78, 5) is 3.81. The van der Waals surface area contributed by atoms with Crippen LogP contribution >= 0.6 is 0 Å². The molecule has 0 saturated carbocycles. The maximum Gasteiger partial charge on any atom is 0.240 e. The molecule has 0 unspecified atom stereocenters. The lowest BCUT2D eigenvalue weighted by Crippen LogP contribution is -2.27. The number of aromatic nitrogens is 1. The average molecular weight is 405 g/mol. The summed E-state index contributed by atoms with van der Waals surface area (Å²) in [5, 5.41) is 1.12. The molecule has 4 rings (SSSR count). The van der Waals surface area contributed by atoms with Crippen molar-refractivity contribution in [2.24, 2.45) is 0 Å². The van der Waals surface area contributed by atoms with Gasteiger partial charge in [0, 0.05) is 17.4 Å². The molecule has 29 heavy (non-hydrogen) atoms. The highest BCUT2D eigenvalue weighted by atomic mass is 32.2. The molecule has 3 aromatic carbocycles. The summed E-state index contributed by atoms with van der Waals surface area (Å²) in [6.07, 6.45) is 0. The van der Waals surface area contributed by atoms with Crippen molar-refractivity contribution in [1.82, 2.24) is 9.71 Å². The first kappa shape index (κ1) is 19.4. The summed E-state index contributed by atoms with van der Waals surface area (Å²) < 4.78 is 28.2. The van der Waals surface area contributed by atoms with E-state index in [0.29, 0.717) is 6.54 Å². The van der Waals surface area contributed by atoms with E-state index in [1.807, 2.05) is 49.4 Å². The Balaban J connectivity index is 1.66. The molecule has 5 heteroatoms. The van der Waals surface area contributed by atoms with E-state index in [4.69, 9.17) is 0 Å². The number of H-pyrrole nitrogens is 1. The summed E-state index contributed by atoms with van der Waals surface area (Å²) in [5.41, 5.74) is 5.33. The van der Waals surface area contributed by atoms with E-state index in [2.05, 4.69) is 40.9 Å². The standard InChI is InChI=1S/C24H24N2O2S/c1-17-12-14-20(15-13-17)29(27,28)25-16-18(2)23-21-10-6-7-11-22(21)26-24(23)19-8-4-3-5-9-19/h3-15,18,25-26H,16H2,1-2H3/t18-/m0/s1. The van der Waals surface area contributed by atoms with Crippen LogP contribution in [0, 0.1) is 6.92 Å². The van der Waals surface area contributed by atoms with Gasteiger partial charge in [0.25, 0.3) is 0 Å². The summed E-state index contributed by atoms with van der Waals surface area (Å²) in [7, 11) is -3.55. The zero-order valence-electron chi connectivity index (χ0n) is 16.5. The van der Waals surface area contributed by atoms with Crippen molar-refractivity contribution in [2.75, 3.05) is 6.54 Å². The third-order valence-electron chi connectivity index (χ3n) is 5.21. The van der Waals surface area contributed by atoms with Crippen molar-refractivity contribution in [3.05, 3.63) is 90.0 Å². The van der Waals surface area contributed by atoms with Gasteiger partial charge in [-0.15, -0.1) is 0 Å². The Morgan fingerprint density at radius 2 is 1.55 bits per heavy atom. The number of hydrogen-bond acceptors (Lipinski definition) is 2. The quantitative estimate of drug-likeness (QED) is 0.462. The van der Waals surface area contributed by atoms with Gasteiger partial charge in [-0.2, -0.15) is 0 Å². The Morgan fingerprint density at radius 1 is 0.897 bits per heavy atom. The lowest BCUT2D eigenvalue weighted by atomic mass is 9.95. The van der Waals surface area contributed by atoms with E-state index in [-0.39, 0.29) is 10.8 Å². The molecule has 0 radical (unpaired) electrons. The number of aromatic amines is 1. The molecule has 0 bridgehead atoms. The smallest absolute Gasteiger partial charge is 0.240 e. The van der Waals surface area contributed by atoms with Gasteiger partial charge in [0.15, 0.2) is 0 Å². The van der Waals surface area contributed by atoms with Crippen LogP contribution in [0.15, 0.2) is 83.8 Å². The predicted molar refractivity (Wildman–Crippen MR) is 119 cm³/mol. The first-order valence-electron chi connectivity index (χ1n) is 9.68. The lowest BCUT2D eigenvalue weighted by Gasteiger charge is -2.15. The number of hydrogen-bond donors (Lipinski definition) is 2. The Labute approximate surface area is 171 Å². The Bertz CT molecular complexity index is 1230. The fourth-order valence-corrected chi connectivity index (χ4v) is 4.78. The maximum atomic E-state index is 12.7. The third kappa shape index (κ3) is 3.97. The van der Waals surface area contributed by atoms with Gasteiger partial charge in [0.05, 0.1) is 10.6 Å². The highest BCUT2D eigenvalue weighted by molar-refractivity contribution is 7.89. The summed E-state index contributed by atoms with van der Waals surface area (Å²) >= 11 is 0. The van der Waals surface area contributed by atoms with E-state index in [0.717, 1.165) is 33.3 Å². The maximum absolute atomic E-state index is 12.7. The van der Waals surface area contributed by atoms with Crippen LogP contribution in [0.2, 0.25) is 0 Å². The molecule has 0 aliphatic heterocycles. The zero-order chi connectivity index (χ0) is 20.4. The molecule has 4 aromatic rings. The number of sulfonamides is 1. The van der Waals surface area contributed by atoms with E-state index < -0.39 is 10.0 Å². The summed E-state index contributed by atoms with van der Waals surface area (Å²) in [6, 6.07) is 25.2. The van der Waals surface area contributed by atoms with Crippen LogP contribution in [0.3, 0.4) is 0 Å². The molecule has 0 aliphatic rings. The largest absolute Gasteiger partial charge is 0.354 e. The van der Waals surface area contributed by atoms with Gasteiger partial charge in [0.2, 0.25) is 10.0 Å². The minimum Gasteiger partial charge on any atom is -0.354 e. The first-order chi connectivity index (χ1) is 14.0. The fraction of sp³-hybridized carbons (Fsp3) is 0.167. The normalized spacial score (nSPS) is 12.9. The zero-order valence-corrected chi connectivity index (χ0v) is 17.3.